The molecule has 0 aromatic heterocycles. The standard InChI is InChI=1S/C17H26N2O3S/c1-13(2)19(15-7-5-14(3)6-8-15)11-17(20)18(4)16-9-10-23(21,22)12-16/h5-8,13,16H,9-12H2,1-4H3. The summed E-state index contributed by atoms with van der Waals surface area (Å²) in [6.07, 6.45) is 0.538. The SMILES string of the molecule is Cc1ccc(N(CC(=O)N(C)C2CCS(=O)(=O)C2)C(C)C)cc1. The van der Waals surface area contributed by atoms with Crippen LogP contribution in [-0.4, -0.2) is 56.4 Å². The van der Waals surface area contributed by atoms with Gasteiger partial charge in [-0.1, -0.05) is 17.7 Å². The first-order valence-electron chi connectivity index (χ1n) is 7.99. The number of sulfone groups is 1. The average Bonchev–Trinajstić information content (AvgIpc) is 2.84. The van der Waals surface area contributed by atoms with Crippen LogP contribution in [0.25, 0.3) is 0 Å². The maximum absolute atomic E-state index is 12.6. The molecule has 1 unspecified atom stereocenters. The van der Waals surface area contributed by atoms with Crippen LogP contribution in [-0.2, 0) is 14.6 Å². The zero-order chi connectivity index (χ0) is 17.2. The Kier molecular flexibility index (Phi) is 5.34. The number of aryl methyl sites for hydroxylation is 1. The van der Waals surface area contributed by atoms with Crippen molar-refractivity contribution in [2.24, 2.45) is 0 Å². The highest BCUT2D eigenvalue weighted by Crippen LogP contribution is 2.20. The molecule has 5 nitrogen and oxygen atoms in total. The number of benzene rings is 1. The molecule has 23 heavy (non-hydrogen) atoms. The summed E-state index contributed by atoms with van der Waals surface area (Å²) in [6.45, 7) is 6.39. The van der Waals surface area contributed by atoms with Gasteiger partial charge in [0.2, 0.25) is 5.91 Å². The van der Waals surface area contributed by atoms with Crippen molar-refractivity contribution in [3.05, 3.63) is 29.8 Å². The molecule has 1 aromatic rings. The van der Waals surface area contributed by atoms with E-state index < -0.39 is 9.84 Å². The molecule has 0 bridgehead atoms. The topological polar surface area (TPSA) is 57.7 Å². The van der Waals surface area contributed by atoms with Gasteiger partial charge in [-0.3, -0.25) is 4.79 Å². The highest BCUT2D eigenvalue weighted by atomic mass is 32.2. The molecule has 1 fully saturated rings. The molecule has 0 N–H and O–H groups in total. The van der Waals surface area contributed by atoms with Crippen molar-refractivity contribution in [2.45, 2.75) is 39.3 Å². The first kappa shape index (κ1) is 17.8. The van der Waals surface area contributed by atoms with E-state index >= 15 is 0 Å². The van der Waals surface area contributed by atoms with E-state index in [4.69, 9.17) is 0 Å². The summed E-state index contributed by atoms with van der Waals surface area (Å²) in [5.41, 5.74) is 2.18. The van der Waals surface area contributed by atoms with Gasteiger partial charge < -0.3 is 9.80 Å². The number of likely N-dealkylation sites (N-methyl/N-ethyl adjacent to an activating group) is 1. The van der Waals surface area contributed by atoms with E-state index in [1.807, 2.05) is 49.9 Å². The zero-order valence-corrected chi connectivity index (χ0v) is 15.1. The predicted molar refractivity (Wildman–Crippen MR) is 93.5 cm³/mol. The summed E-state index contributed by atoms with van der Waals surface area (Å²) < 4.78 is 23.2. The van der Waals surface area contributed by atoms with Crippen molar-refractivity contribution in [2.75, 3.05) is 30.0 Å². The second-order valence-electron chi connectivity index (χ2n) is 6.62. The van der Waals surface area contributed by atoms with Crippen molar-refractivity contribution >= 4 is 21.4 Å². The molecule has 0 spiro atoms. The molecular formula is C17H26N2O3S. The van der Waals surface area contributed by atoms with Crippen LogP contribution in [0.5, 0.6) is 0 Å². The van der Waals surface area contributed by atoms with Crippen LogP contribution in [0.2, 0.25) is 0 Å². The maximum atomic E-state index is 12.6. The Labute approximate surface area is 139 Å². The van der Waals surface area contributed by atoms with Gasteiger partial charge in [0.05, 0.1) is 18.1 Å². The summed E-state index contributed by atoms with van der Waals surface area (Å²) in [4.78, 5) is 16.2. The lowest BCUT2D eigenvalue weighted by Crippen LogP contribution is -2.45. The summed E-state index contributed by atoms with van der Waals surface area (Å²) in [6, 6.07) is 8.08. The Morgan fingerprint density at radius 1 is 1.26 bits per heavy atom. The number of nitrogens with zero attached hydrogens (tertiary/aromatic N) is 2. The summed E-state index contributed by atoms with van der Waals surface area (Å²) in [7, 11) is -1.27. The first-order chi connectivity index (χ1) is 10.7. The van der Waals surface area contributed by atoms with E-state index in [0.717, 1.165) is 5.69 Å². The van der Waals surface area contributed by atoms with Gasteiger partial charge in [-0.05, 0) is 39.3 Å². The molecule has 1 heterocycles. The Balaban J connectivity index is 2.07. The fourth-order valence-electron chi connectivity index (χ4n) is 2.85. The number of rotatable bonds is 5. The van der Waals surface area contributed by atoms with E-state index in [2.05, 4.69) is 0 Å². The Hall–Kier alpha value is -1.56. The number of hydrogen-bond donors (Lipinski definition) is 0. The zero-order valence-electron chi connectivity index (χ0n) is 14.3. The average molecular weight is 338 g/mol. The molecular weight excluding hydrogens is 312 g/mol. The second kappa shape index (κ2) is 6.91. The third-order valence-corrected chi connectivity index (χ3v) is 6.19. The number of carbonyl (C=O) groups excluding carboxylic acids is 1. The van der Waals surface area contributed by atoms with Crippen LogP contribution in [0.3, 0.4) is 0 Å². The van der Waals surface area contributed by atoms with E-state index in [9.17, 15) is 13.2 Å². The molecule has 1 atom stereocenters. The predicted octanol–water partition coefficient (Wildman–Crippen LogP) is 1.86. The Morgan fingerprint density at radius 2 is 1.87 bits per heavy atom. The van der Waals surface area contributed by atoms with E-state index in [-0.39, 0.29) is 36.0 Å². The van der Waals surface area contributed by atoms with Gasteiger partial charge in [0.1, 0.15) is 0 Å². The van der Waals surface area contributed by atoms with Gasteiger partial charge in [-0.2, -0.15) is 0 Å². The molecule has 1 amide bonds. The molecule has 1 saturated heterocycles. The van der Waals surface area contributed by atoms with Crippen LogP contribution in [0.15, 0.2) is 24.3 Å². The lowest BCUT2D eigenvalue weighted by Gasteiger charge is -2.32. The van der Waals surface area contributed by atoms with Crippen LogP contribution < -0.4 is 4.90 Å². The molecule has 2 rings (SSSR count). The van der Waals surface area contributed by atoms with Gasteiger partial charge in [0, 0.05) is 24.8 Å². The van der Waals surface area contributed by atoms with Crippen molar-refractivity contribution in [3.63, 3.8) is 0 Å². The molecule has 0 aliphatic carbocycles. The van der Waals surface area contributed by atoms with Gasteiger partial charge in [0.25, 0.3) is 0 Å². The van der Waals surface area contributed by atoms with E-state index in [0.29, 0.717) is 6.42 Å². The fraction of sp³-hybridized carbons (Fsp3) is 0.588. The highest BCUT2D eigenvalue weighted by Gasteiger charge is 2.33. The van der Waals surface area contributed by atoms with Gasteiger partial charge in [0.15, 0.2) is 9.84 Å². The summed E-state index contributed by atoms with van der Waals surface area (Å²) in [5.74, 6) is 0.226. The minimum absolute atomic E-state index is 0.0404. The second-order valence-corrected chi connectivity index (χ2v) is 8.85. The highest BCUT2D eigenvalue weighted by molar-refractivity contribution is 7.91. The Bertz CT molecular complexity index is 653. The van der Waals surface area contributed by atoms with Gasteiger partial charge >= 0.3 is 0 Å². The monoisotopic (exact) mass is 338 g/mol. The maximum Gasteiger partial charge on any atom is 0.242 e. The minimum atomic E-state index is -2.98. The van der Waals surface area contributed by atoms with Crippen molar-refractivity contribution < 1.29 is 13.2 Å². The number of anilines is 1. The summed E-state index contributed by atoms with van der Waals surface area (Å²) >= 11 is 0. The van der Waals surface area contributed by atoms with Crippen LogP contribution >= 0.6 is 0 Å². The lowest BCUT2D eigenvalue weighted by molar-refractivity contribution is -0.130. The molecule has 128 valence electrons. The number of amides is 1. The van der Waals surface area contributed by atoms with E-state index in [1.165, 1.54) is 5.56 Å². The van der Waals surface area contributed by atoms with Crippen molar-refractivity contribution in [1.29, 1.82) is 0 Å². The Morgan fingerprint density at radius 3 is 2.35 bits per heavy atom. The van der Waals surface area contributed by atoms with Crippen LogP contribution in [0.4, 0.5) is 5.69 Å². The quantitative estimate of drug-likeness (QED) is 0.822. The lowest BCUT2D eigenvalue weighted by atomic mass is 10.1. The van der Waals surface area contributed by atoms with Crippen molar-refractivity contribution in [1.82, 2.24) is 4.90 Å². The smallest absolute Gasteiger partial charge is 0.242 e. The summed E-state index contributed by atoms with van der Waals surface area (Å²) in [5, 5.41) is 0. The van der Waals surface area contributed by atoms with Gasteiger partial charge in [-0.15, -0.1) is 0 Å². The van der Waals surface area contributed by atoms with Crippen molar-refractivity contribution in [3.8, 4) is 0 Å². The first-order valence-corrected chi connectivity index (χ1v) is 9.81. The van der Waals surface area contributed by atoms with Crippen LogP contribution in [0, 0.1) is 6.92 Å². The number of hydrogen-bond acceptors (Lipinski definition) is 4. The van der Waals surface area contributed by atoms with Crippen LogP contribution in [0.1, 0.15) is 25.8 Å². The third kappa shape index (κ3) is 4.47. The molecule has 1 aliphatic rings. The molecule has 0 radical (unpaired) electrons. The molecule has 1 aromatic carbocycles. The van der Waals surface area contributed by atoms with E-state index in [1.54, 1.807) is 11.9 Å². The fourth-order valence-corrected chi connectivity index (χ4v) is 4.62. The largest absolute Gasteiger partial charge is 0.360 e. The number of carbonyl (C=O) groups is 1. The molecule has 0 saturated carbocycles. The van der Waals surface area contributed by atoms with Gasteiger partial charge in [-0.25, -0.2) is 8.42 Å². The minimum Gasteiger partial charge on any atom is -0.360 e. The normalized spacial score (nSPS) is 19.8. The molecule has 6 heteroatoms. The third-order valence-electron chi connectivity index (χ3n) is 4.44. The molecule has 1 aliphatic heterocycles.